The maximum Gasteiger partial charge on any atom is 0.265 e. The summed E-state index contributed by atoms with van der Waals surface area (Å²) in [5.41, 5.74) is 3.35. The third-order valence-electron chi connectivity index (χ3n) is 4.36. The standard InChI is InChI=1S/C19H18FN3O2S/c1-4-22-18(25)16(17(24)21-19(22)26)10-13-9-11(2)23(12(13)3)15-7-5-14(20)6-8-15/h5-10H,4H2,1-3H3,(H,21,24,26). The molecule has 0 atom stereocenters. The molecule has 2 aromatic rings. The summed E-state index contributed by atoms with van der Waals surface area (Å²) in [6, 6.07) is 8.04. The van der Waals surface area contributed by atoms with Crippen LogP contribution < -0.4 is 5.32 Å². The molecule has 1 aromatic carbocycles. The van der Waals surface area contributed by atoms with E-state index in [1.54, 1.807) is 25.1 Å². The zero-order valence-electron chi connectivity index (χ0n) is 14.7. The molecular formula is C19H18FN3O2S. The average Bonchev–Trinajstić information content (AvgIpc) is 2.86. The summed E-state index contributed by atoms with van der Waals surface area (Å²) in [7, 11) is 0. The Kier molecular flexibility index (Phi) is 4.73. The molecule has 1 fully saturated rings. The van der Waals surface area contributed by atoms with Crippen LogP contribution in [0.25, 0.3) is 11.8 Å². The highest BCUT2D eigenvalue weighted by molar-refractivity contribution is 7.80. The van der Waals surface area contributed by atoms with Crippen LogP contribution in [0.3, 0.4) is 0 Å². The van der Waals surface area contributed by atoms with Crippen LogP contribution in [0.5, 0.6) is 0 Å². The smallest absolute Gasteiger partial charge is 0.265 e. The van der Waals surface area contributed by atoms with Crippen molar-refractivity contribution in [2.75, 3.05) is 6.54 Å². The van der Waals surface area contributed by atoms with Crippen molar-refractivity contribution in [3.05, 3.63) is 58.7 Å². The number of carbonyl (C=O) groups is 2. The second kappa shape index (κ2) is 6.84. The van der Waals surface area contributed by atoms with Crippen LogP contribution in [0.1, 0.15) is 23.9 Å². The number of amides is 2. The number of rotatable bonds is 3. The first-order valence-corrected chi connectivity index (χ1v) is 8.58. The molecule has 1 aromatic heterocycles. The van der Waals surface area contributed by atoms with Crippen molar-refractivity contribution in [3.8, 4) is 5.69 Å². The first-order valence-electron chi connectivity index (χ1n) is 8.17. The molecule has 1 N–H and O–H groups in total. The molecule has 0 spiro atoms. The normalized spacial score (nSPS) is 16.4. The van der Waals surface area contributed by atoms with Gasteiger partial charge in [-0.3, -0.25) is 19.8 Å². The van der Waals surface area contributed by atoms with E-state index >= 15 is 0 Å². The minimum absolute atomic E-state index is 0.0415. The van der Waals surface area contributed by atoms with Gasteiger partial charge in [0.2, 0.25) is 0 Å². The van der Waals surface area contributed by atoms with E-state index in [2.05, 4.69) is 5.32 Å². The van der Waals surface area contributed by atoms with Crippen LogP contribution >= 0.6 is 12.2 Å². The van der Waals surface area contributed by atoms with E-state index < -0.39 is 11.8 Å². The predicted octanol–water partition coefficient (Wildman–Crippen LogP) is 2.88. The molecule has 7 heteroatoms. The Hall–Kier alpha value is -2.80. The molecule has 26 heavy (non-hydrogen) atoms. The number of nitrogens with zero attached hydrogens (tertiary/aromatic N) is 2. The zero-order chi connectivity index (χ0) is 19.0. The summed E-state index contributed by atoms with van der Waals surface area (Å²) in [6.45, 7) is 5.97. The van der Waals surface area contributed by atoms with Gasteiger partial charge in [0.1, 0.15) is 11.4 Å². The van der Waals surface area contributed by atoms with Crippen molar-refractivity contribution >= 4 is 35.2 Å². The van der Waals surface area contributed by atoms with Gasteiger partial charge in [0.15, 0.2) is 5.11 Å². The van der Waals surface area contributed by atoms with E-state index in [4.69, 9.17) is 12.2 Å². The van der Waals surface area contributed by atoms with Crippen LogP contribution in [0, 0.1) is 19.7 Å². The van der Waals surface area contributed by atoms with E-state index in [0.717, 1.165) is 22.6 Å². The second-order valence-electron chi connectivity index (χ2n) is 6.00. The number of nitrogens with one attached hydrogen (secondary N) is 1. The number of benzene rings is 1. The number of likely N-dealkylation sites (N-methyl/N-ethyl adjacent to an activating group) is 1. The first kappa shape index (κ1) is 18.0. The molecule has 0 unspecified atom stereocenters. The molecule has 0 radical (unpaired) electrons. The maximum absolute atomic E-state index is 13.2. The third kappa shape index (κ3) is 3.06. The first-order chi connectivity index (χ1) is 12.3. The molecular weight excluding hydrogens is 353 g/mol. The van der Waals surface area contributed by atoms with E-state index in [1.165, 1.54) is 17.0 Å². The quantitative estimate of drug-likeness (QED) is 0.513. The number of aromatic nitrogens is 1. The molecule has 0 saturated carbocycles. The van der Waals surface area contributed by atoms with Crippen molar-refractivity contribution in [1.82, 2.24) is 14.8 Å². The largest absolute Gasteiger partial charge is 0.318 e. The summed E-state index contributed by atoms with van der Waals surface area (Å²) in [5, 5.41) is 2.66. The highest BCUT2D eigenvalue weighted by Crippen LogP contribution is 2.24. The van der Waals surface area contributed by atoms with Gasteiger partial charge in [-0.25, -0.2) is 4.39 Å². The monoisotopic (exact) mass is 371 g/mol. The van der Waals surface area contributed by atoms with Gasteiger partial charge in [-0.1, -0.05) is 0 Å². The molecule has 1 aliphatic rings. The maximum atomic E-state index is 13.2. The van der Waals surface area contributed by atoms with Gasteiger partial charge in [-0.2, -0.15) is 0 Å². The van der Waals surface area contributed by atoms with Crippen LogP contribution in [-0.2, 0) is 9.59 Å². The summed E-state index contributed by atoms with van der Waals surface area (Å²) < 4.78 is 15.1. The Balaban J connectivity index is 2.05. The molecule has 0 aliphatic carbocycles. The molecule has 2 amide bonds. The van der Waals surface area contributed by atoms with Gasteiger partial charge in [0.25, 0.3) is 11.8 Å². The van der Waals surface area contributed by atoms with Crippen LogP contribution in [0.15, 0.2) is 35.9 Å². The van der Waals surface area contributed by atoms with Crippen LogP contribution in [-0.4, -0.2) is 32.9 Å². The number of halogens is 1. The van der Waals surface area contributed by atoms with Crippen molar-refractivity contribution in [1.29, 1.82) is 0 Å². The molecule has 5 nitrogen and oxygen atoms in total. The van der Waals surface area contributed by atoms with Crippen LogP contribution in [0.2, 0.25) is 0 Å². The van der Waals surface area contributed by atoms with E-state index in [-0.39, 0.29) is 16.5 Å². The number of carbonyl (C=O) groups excluding carboxylic acids is 2. The fourth-order valence-corrected chi connectivity index (χ4v) is 3.36. The summed E-state index contributed by atoms with van der Waals surface area (Å²) in [5.74, 6) is -1.22. The van der Waals surface area contributed by atoms with Crippen LogP contribution in [0.4, 0.5) is 4.39 Å². The molecule has 3 rings (SSSR count). The average molecular weight is 371 g/mol. The lowest BCUT2D eigenvalue weighted by Gasteiger charge is -2.27. The Morgan fingerprint density at radius 2 is 1.85 bits per heavy atom. The molecule has 0 bridgehead atoms. The van der Waals surface area contributed by atoms with Crippen molar-refractivity contribution in [2.24, 2.45) is 0 Å². The molecule has 134 valence electrons. The van der Waals surface area contributed by atoms with Gasteiger partial charge in [-0.05, 0) is 75.0 Å². The number of hydrogen-bond acceptors (Lipinski definition) is 3. The lowest BCUT2D eigenvalue weighted by molar-refractivity contribution is -0.128. The zero-order valence-corrected chi connectivity index (χ0v) is 15.5. The number of hydrogen-bond donors (Lipinski definition) is 1. The number of aryl methyl sites for hydroxylation is 1. The fraction of sp³-hybridized carbons (Fsp3) is 0.211. The van der Waals surface area contributed by atoms with Gasteiger partial charge in [-0.15, -0.1) is 0 Å². The van der Waals surface area contributed by atoms with Gasteiger partial charge in [0.05, 0.1) is 0 Å². The second-order valence-corrected chi connectivity index (χ2v) is 6.39. The predicted molar refractivity (Wildman–Crippen MR) is 101 cm³/mol. The highest BCUT2D eigenvalue weighted by atomic mass is 32.1. The fourth-order valence-electron chi connectivity index (χ4n) is 3.06. The summed E-state index contributed by atoms with van der Waals surface area (Å²) in [4.78, 5) is 26.1. The topological polar surface area (TPSA) is 54.3 Å². The lowest BCUT2D eigenvalue weighted by Crippen LogP contribution is -2.53. The Morgan fingerprint density at radius 1 is 1.19 bits per heavy atom. The Morgan fingerprint density at radius 3 is 2.46 bits per heavy atom. The van der Waals surface area contributed by atoms with E-state index in [0.29, 0.717) is 6.54 Å². The van der Waals surface area contributed by atoms with Crippen molar-refractivity contribution in [2.45, 2.75) is 20.8 Å². The van der Waals surface area contributed by atoms with E-state index in [1.807, 2.05) is 24.5 Å². The summed E-state index contributed by atoms with van der Waals surface area (Å²) >= 11 is 5.03. The van der Waals surface area contributed by atoms with Crippen molar-refractivity contribution < 1.29 is 14.0 Å². The third-order valence-corrected chi connectivity index (χ3v) is 4.68. The minimum atomic E-state index is -0.503. The lowest BCUT2D eigenvalue weighted by atomic mass is 10.1. The highest BCUT2D eigenvalue weighted by Gasteiger charge is 2.32. The number of thiocarbonyl (C=S) groups is 1. The van der Waals surface area contributed by atoms with E-state index in [9.17, 15) is 14.0 Å². The van der Waals surface area contributed by atoms with Gasteiger partial charge < -0.3 is 4.57 Å². The minimum Gasteiger partial charge on any atom is -0.318 e. The Labute approximate surface area is 156 Å². The molecule has 1 aliphatic heterocycles. The van der Waals surface area contributed by atoms with Gasteiger partial charge in [0, 0.05) is 23.6 Å². The van der Waals surface area contributed by atoms with Crippen molar-refractivity contribution in [3.63, 3.8) is 0 Å². The Bertz CT molecular complexity index is 944. The van der Waals surface area contributed by atoms with Gasteiger partial charge >= 0.3 is 0 Å². The summed E-state index contributed by atoms with van der Waals surface area (Å²) in [6.07, 6.45) is 1.57. The molecule has 2 heterocycles. The molecule has 1 saturated heterocycles. The SMILES string of the molecule is CCN1C(=O)C(=Cc2cc(C)n(-c3ccc(F)cc3)c2C)C(=O)NC1=S.